The zero-order chi connectivity index (χ0) is 20.5. The normalized spacial score (nSPS) is 16.4. The van der Waals surface area contributed by atoms with Gasteiger partial charge in [-0.05, 0) is 45.0 Å². The second kappa shape index (κ2) is 10.8. The lowest BCUT2D eigenvalue weighted by Gasteiger charge is -2.25. The number of piperidine rings is 1. The van der Waals surface area contributed by atoms with Crippen LogP contribution in [0.5, 0.6) is 0 Å². The number of ether oxygens (including phenoxy) is 1. The molecule has 1 aliphatic heterocycles. The predicted molar refractivity (Wildman–Crippen MR) is 110 cm³/mol. The van der Waals surface area contributed by atoms with Crippen LogP contribution in [0, 0.1) is 0 Å². The van der Waals surface area contributed by atoms with Crippen molar-refractivity contribution in [1.29, 1.82) is 0 Å². The maximum atomic E-state index is 12.4. The van der Waals surface area contributed by atoms with Gasteiger partial charge in [0.2, 0.25) is 5.78 Å². The van der Waals surface area contributed by atoms with Gasteiger partial charge in [0.1, 0.15) is 11.4 Å². The van der Waals surface area contributed by atoms with Gasteiger partial charge in [0.25, 0.3) is 0 Å². The highest BCUT2D eigenvalue weighted by atomic mass is 35.5. The number of amidine groups is 1. The highest BCUT2D eigenvalue weighted by molar-refractivity contribution is 6.34. The number of ketones is 1. The van der Waals surface area contributed by atoms with Crippen molar-refractivity contribution in [3.05, 3.63) is 46.1 Å². The van der Waals surface area contributed by atoms with Crippen LogP contribution in [0.3, 0.4) is 0 Å². The molecule has 0 amide bonds. The molecule has 152 valence electrons. The monoisotopic (exact) mass is 406 g/mol. The molecule has 0 aromatic heterocycles. The zero-order valence-electron chi connectivity index (χ0n) is 16.1. The van der Waals surface area contributed by atoms with Crippen molar-refractivity contribution in [3.63, 3.8) is 0 Å². The fraction of sp³-hybridized carbons (Fsp3) is 0.450. The number of carbonyl (C=O) groups excluding carboxylic acids is 2. The number of nitrogens with zero attached hydrogens (tertiary/aromatic N) is 2. The van der Waals surface area contributed by atoms with Gasteiger partial charge in [-0.15, -0.1) is 0 Å². The average Bonchev–Trinajstić information content (AvgIpc) is 2.67. The van der Waals surface area contributed by atoms with Crippen LogP contribution >= 0.6 is 11.6 Å². The van der Waals surface area contributed by atoms with E-state index in [9.17, 15) is 9.59 Å². The van der Waals surface area contributed by atoms with Crippen LogP contribution < -0.4 is 11.5 Å². The van der Waals surface area contributed by atoms with Gasteiger partial charge in [0.15, 0.2) is 6.61 Å². The average molecular weight is 407 g/mol. The molecule has 0 radical (unpaired) electrons. The van der Waals surface area contributed by atoms with Gasteiger partial charge in [0.05, 0.1) is 11.6 Å². The second-order valence-electron chi connectivity index (χ2n) is 6.71. The predicted octanol–water partition coefficient (Wildman–Crippen LogP) is 2.14. The molecule has 1 fully saturated rings. The molecule has 0 unspecified atom stereocenters. The Morgan fingerprint density at radius 1 is 1.18 bits per heavy atom. The number of halogens is 1. The SMILES string of the molecule is CC(N)=C(C(=O)OCC(=O)c1ccccc1Cl)C(N)=NCCN1CCCCC1. The van der Waals surface area contributed by atoms with E-state index in [2.05, 4.69) is 9.89 Å². The lowest BCUT2D eigenvalue weighted by molar-refractivity contribution is -0.137. The molecule has 4 N–H and O–H groups in total. The largest absolute Gasteiger partial charge is 0.454 e. The van der Waals surface area contributed by atoms with E-state index in [1.54, 1.807) is 31.2 Å². The molecule has 1 saturated heterocycles. The molecule has 1 aromatic carbocycles. The summed E-state index contributed by atoms with van der Waals surface area (Å²) in [5.41, 5.74) is 12.2. The Labute approximate surface area is 170 Å². The zero-order valence-corrected chi connectivity index (χ0v) is 16.9. The van der Waals surface area contributed by atoms with Gasteiger partial charge in [-0.1, -0.05) is 30.2 Å². The van der Waals surface area contributed by atoms with Crippen molar-refractivity contribution in [2.24, 2.45) is 16.5 Å². The summed E-state index contributed by atoms with van der Waals surface area (Å²) in [6, 6.07) is 6.56. The number of likely N-dealkylation sites (tertiary alicyclic amines) is 1. The van der Waals surface area contributed by atoms with E-state index >= 15 is 0 Å². The van der Waals surface area contributed by atoms with Crippen molar-refractivity contribution in [3.8, 4) is 0 Å². The van der Waals surface area contributed by atoms with E-state index in [-0.39, 0.29) is 22.7 Å². The highest BCUT2D eigenvalue weighted by Gasteiger charge is 2.20. The smallest absolute Gasteiger partial charge is 0.344 e. The second-order valence-corrected chi connectivity index (χ2v) is 7.11. The van der Waals surface area contributed by atoms with E-state index in [1.807, 2.05) is 0 Å². The van der Waals surface area contributed by atoms with Crippen molar-refractivity contribution in [2.75, 3.05) is 32.8 Å². The van der Waals surface area contributed by atoms with Crippen molar-refractivity contribution in [1.82, 2.24) is 4.90 Å². The first-order valence-electron chi connectivity index (χ1n) is 9.34. The number of aliphatic imine (C=N–C) groups is 1. The number of carbonyl (C=O) groups is 2. The summed E-state index contributed by atoms with van der Waals surface area (Å²) in [4.78, 5) is 31.2. The third-order valence-corrected chi connectivity index (χ3v) is 4.84. The topological polar surface area (TPSA) is 111 Å². The van der Waals surface area contributed by atoms with Crippen LogP contribution in [-0.4, -0.2) is 55.3 Å². The van der Waals surface area contributed by atoms with Gasteiger partial charge in [-0.25, -0.2) is 4.79 Å². The summed E-state index contributed by atoms with van der Waals surface area (Å²) in [5, 5.41) is 0.299. The minimum absolute atomic E-state index is 0.00870. The highest BCUT2D eigenvalue weighted by Crippen LogP contribution is 2.16. The Hall–Kier alpha value is -2.38. The van der Waals surface area contributed by atoms with Crippen molar-refractivity contribution >= 4 is 29.2 Å². The summed E-state index contributed by atoms with van der Waals surface area (Å²) in [6.45, 7) is 4.44. The van der Waals surface area contributed by atoms with E-state index in [0.717, 1.165) is 19.6 Å². The first kappa shape index (κ1) is 21.9. The number of esters is 1. The molecule has 0 bridgehead atoms. The number of benzene rings is 1. The molecule has 1 heterocycles. The Kier molecular flexibility index (Phi) is 8.47. The third kappa shape index (κ3) is 6.35. The van der Waals surface area contributed by atoms with E-state index < -0.39 is 18.4 Å². The number of Topliss-reactive ketones (excluding diaryl/α,β-unsaturated/α-hetero) is 1. The fourth-order valence-electron chi connectivity index (χ4n) is 3.01. The van der Waals surface area contributed by atoms with Crippen LogP contribution in [0.25, 0.3) is 0 Å². The summed E-state index contributed by atoms with van der Waals surface area (Å²) in [7, 11) is 0. The molecular weight excluding hydrogens is 380 g/mol. The molecule has 7 nitrogen and oxygen atoms in total. The Morgan fingerprint density at radius 2 is 1.86 bits per heavy atom. The standard InChI is InChI=1S/C20H27ClN4O3/c1-14(22)18(19(23)24-9-12-25-10-5-2-6-11-25)20(27)28-13-17(26)15-7-3-4-8-16(15)21/h3-4,7-8H,2,5-6,9-13,22H2,1H3,(H2,23,24). The van der Waals surface area contributed by atoms with Gasteiger partial charge in [-0.3, -0.25) is 9.79 Å². The van der Waals surface area contributed by atoms with Crippen LogP contribution in [0.1, 0.15) is 36.5 Å². The molecular formula is C20H27ClN4O3. The maximum absolute atomic E-state index is 12.4. The molecule has 0 spiro atoms. The molecule has 0 saturated carbocycles. The summed E-state index contributed by atoms with van der Waals surface area (Å²) in [5.74, 6) is -1.17. The van der Waals surface area contributed by atoms with Crippen LogP contribution in [0.2, 0.25) is 5.02 Å². The Balaban J connectivity index is 1.93. The van der Waals surface area contributed by atoms with Crippen LogP contribution in [0.15, 0.2) is 40.5 Å². The molecule has 0 aliphatic carbocycles. The van der Waals surface area contributed by atoms with Crippen LogP contribution in [-0.2, 0) is 9.53 Å². The maximum Gasteiger partial charge on any atom is 0.344 e. The first-order valence-corrected chi connectivity index (χ1v) is 9.71. The molecule has 0 atom stereocenters. The molecule has 28 heavy (non-hydrogen) atoms. The molecule has 8 heteroatoms. The van der Waals surface area contributed by atoms with E-state index in [1.165, 1.54) is 19.3 Å². The quantitative estimate of drug-likeness (QED) is 0.225. The van der Waals surface area contributed by atoms with Gasteiger partial charge in [-0.2, -0.15) is 0 Å². The summed E-state index contributed by atoms with van der Waals surface area (Å²) < 4.78 is 5.10. The minimum Gasteiger partial charge on any atom is -0.454 e. The molecule has 1 aromatic rings. The van der Waals surface area contributed by atoms with Crippen molar-refractivity contribution in [2.45, 2.75) is 26.2 Å². The van der Waals surface area contributed by atoms with E-state index in [0.29, 0.717) is 11.6 Å². The van der Waals surface area contributed by atoms with Crippen LogP contribution in [0.4, 0.5) is 0 Å². The summed E-state index contributed by atoms with van der Waals surface area (Å²) >= 11 is 5.99. The molecule has 1 aliphatic rings. The number of hydrogen-bond donors (Lipinski definition) is 2. The minimum atomic E-state index is -0.778. The molecule has 2 rings (SSSR count). The lowest BCUT2D eigenvalue weighted by atomic mass is 10.1. The number of rotatable bonds is 8. The van der Waals surface area contributed by atoms with E-state index in [4.69, 9.17) is 27.8 Å². The number of allylic oxidation sites excluding steroid dienone is 1. The van der Waals surface area contributed by atoms with Gasteiger partial charge < -0.3 is 21.1 Å². The Bertz CT molecular complexity index is 766. The number of nitrogens with two attached hydrogens (primary N) is 2. The van der Waals surface area contributed by atoms with Gasteiger partial charge in [0, 0.05) is 17.8 Å². The summed E-state index contributed by atoms with van der Waals surface area (Å²) in [6.07, 6.45) is 3.65. The van der Waals surface area contributed by atoms with Crippen molar-refractivity contribution < 1.29 is 14.3 Å². The Morgan fingerprint density at radius 3 is 2.50 bits per heavy atom. The van der Waals surface area contributed by atoms with Gasteiger partial charge >= 0.3 is 5.97 Å². The number of hydrogen-bond acceptors (Lipinski definition) is 6. The third-order valence-electron chi connectivity index (χ3n) is 4.51. The fourth-order valence-corrected chi connectivity index (χ4v) is 3.25. The first-order chi connectivity index (χ1) is 13.4. The lowest BCUT2D eigenvalue weighted by Crippen LogP contribution is -2.33.